The van der Waals surface area contributed by atoms with Gasteiger partial charge in [0.1, 0.15) is 15.8 Å². The molecule has 0 aliphatic carbocycles. The predicted octanol–water partition coefficient (Wildman–Crippen LogP) is 7.36. The Kier molecular flexibility index (Phi) is 4.99. The summed E-state index contributed by atoms with van der Waals surface area (Å²) >= 11 is 30.2. The zero-order valence-electron chi connectivity index (χ0n) is 10.5. The molecule has 0 amide bonds. The van der Waals surface area contributed by atoms with Gasteiger partial charge >= 0.3 is 0 Å². The average molecular weight is 370 g/mol. The number of benzene rings is 2. The van der Waals surface area contributed by atoms with Crippen LogP contribution in [0.1, 0.15) is 11.1 Å². The highest BCUT2D eigenvalue weighted by Crippen LogP contribution is 2.49. The van der Waals surface area contributed by atoms with Crippen molar-refractivity contribution >= 4 is 58.0 Å². The van der Waals surface area contributed by atoms with Crippen molar-refractivity contribution in [2.45, 2.75) is 13.8 Å². The second-order valence-corrected chi connectivity index (χ2v) is 6.21. The minimum absolute atomic E-state index is 0.108. The Labute approximate surface area is 142 Å². The van der Waals surface area contributed by atoms with E-state index in [9.17, 15) is 0 Å². The van der Waals surface area contributed by atoms with Crippen LogP contribution in [0.15, 0.2) is 18.2 Å². The average Bonchev–Trinajstić information content (AvgIpc) is 2.38. The van der Waals surface area contributed by atoms with Gasteiger partial charge in [-0.1, -0.05) is 64.1 Å². The second kappa shape index (κ2) is 6.21. The van der Waals surface area contributed by atoms with E-state index in [0.717, 1.165) is 11.1 Å². The summed E-state index contributed by atoms with van der Waals surface area (Å²) in [5.41, 5.74) is 2.11. The first-order valence-electron chi connectivity index (χ1n) is 5.59. The van der Waals surface area contributed by atoms with E-state index in [0.29, 0.717) is 5.75 Å². The Morgan fingerprint density at radius 1 is 0.650 bits per heavy atom. The van der Waals surface area contributed by atoms with Crippen molar-refractivity contribution in [2.75, 3.05) is 0 Å². The molecule has 2 aromatic carbocycles. The molecule has 0 aromatic heterocycles. The van der Waals surface area contributed by atoms with E-state index in [1.165, 1.54) is 0 Å². The topological polar surface area (TPSA) is 9.23 Å². The number of aryl methyl sites for hydroxylation is 2. The molecule has 0 N–H and O–H groups in total. The van der Waals surface area contributed by atoms with Gasteiger partial charge < -0.3 is 4.74 Å². The lowest BCUT2D eigenvalue weighted by Crippen LogP contribution is -1.91. The molecule has 106 valence electrons. The monoisotopic (exact) mass is 368 g/mol. The third-order valence-electron chi connectivity index (χ3n) is 2.58. The second-order valence-electron chi connectivity index (χ2n) is 4.32. The zero-order chi connectivity index (χ0) is 15.0. The zero-order valence-corrected chi connectivity index (χ0v) is 14.3. The van der Waals surface area contributed by atoms with E-state index >= 15 is 0 Å². The van der Waals surface area contributed by atoms with E-state index in [1.54, 1.807) is 0 Å². The van der Waals surface area contributed by atoms with Gasteiger partial charge in [-0.2, -0.15) is 0 Å². The van der Waals surface area contributed by atoms with Crippen molar-refractivity contribution in [2.24, 2.45) is 0 Å². The SMILES string of the molecule is Cc1cc(C)cc(Oc2c(Cl)c(Cl)c(Cl)c(Cl)c2Cl)c1. The Balaban J connectivity index is 2.54. The largest absolute Gasteiger partial charge is 0.454 e. The molecule has 1 nitrogen and oxygen atoms in total. The number of rotatable bonds is 2. The van der Waals surface area contributed by atoms with Gasteiger partial charge in [0.05, 0.1) is 15.1 Å². The van der Waals surface area contributed by atoms with Crippen LogP contribution in [0.5, 0.6) is 11.5 Å². The molecule has 0 radical (unpaired) electrons. The Morgan fingerprint density at radius 2 is 1.05 bits per heavy atom. The van der Waals surface area contributed by atoms with Crippen molar-refractivity contribution < 1.29 is 4.74 Å². The van der Waals surface area contributed by atoms with Gasteiger partial charge in [-0.3, -0.25) is 0 Å². The van der Waals surface area contributed by atoms with E-state index in [2.05, 4.69) is 0 Å². The summed E-state index contributed by atoms with van der Waals surface area (Å²) in [6, 6.07) is 5.74. The highest BCUT2D eigenvalue weighted by atomic mass is 35.5. The number of hydrogen-bond donors (Lipinski definition) is 0. The fourth-order valence-corrected chi connectivity index (χ4v) is 2.98. The van der Waals surface area contributed by atoms with Crippen molar-refractivity contribution in [3.8, 4) is 11.5 Å². The van der Waals surface area contributed by atoms with Crippen LogP contribution in [0.4, 0.5) is 0 Å². The van der Waals surface area contributed by atoms with Crippen molar-refractivity contribution in [1.29, 1.82) is 0 Å². The smallest absolute Gasteiger partial charge is 0.167 e. The molecule has 0 spiro atoms. The van der Waals surface area contributed by atoms with Gasteiger partial charge in [0.2, 0.25) is 0 Å². The lowest BCUT2D eigenvalue weighted by Gasteiger charge is -2.14. The fraction of sp³-hybridized carbons (Fsp3) is 0.143. The first-order chi connectivity index (χ1) is 9.31. The quantitative estimate of drug-likeness (QED) is 0.396. The summed E-state index contributed by atoms with van der Waals surface area (Å²) in [6.45, 7) is 3.93. The van der Waals surface area contributed by atoms with Gasteiger partial charge in [0.25, 0.3) is 0 Å². The minimum Gasteiger partial charge on any atom is -0.454 e. The first-order valence-corrected chi connectivity index (χ1v) is 7.48. The molecule has 0 saturated heterocycles. The lowest BCUT2D eigenvalue weighted by atomic mass is 10.1. The fourth-order valence-electron chi connectivity index (χ4n) is 1.78. The van der Waals surface area contributed by atoms with Crippen LogP contribution in [-0.2, 0) is 0 Å². The van der Waals surface area contributed by atoms with Gasteiger partial charge in [-0.15, -0.1) is 0 Å². The molecule has 0 bridgehead atoms. The van der Waals surface area contributed by atoms with Crippen LogP contribution >= 0.6 is 58.0 Å². The molecule has 0 unspecified atom stereocenters. The maximum Gasteiger partial charge on any atom is 0.167 e. The third-order valence-corrected chi connectivity index (χ3v) is 4.83. The first kappa shape index (κ1) is 16.1. The summed E-state index contributed by atoms with van der Waals surface area (Å²) in [7, 11) is 0. The molecular formula is C14H9Cl5O. The van der Waals surface area contributed by atoms with Crippen LogP contribution in [0.25, 0.3) is 0 Å². The Hall–Kier alpha value is -0.310. The van der Waals surface area contributed by atoms with Crippen LogP contribution in [0.3, 0.4) is 0 Å². The molecular weight excluding hydrogens is 361 g/mol. The molecule has 0 aliphatic heterocycles. The molecule has 0 saturated carbocycles. The summed E-state index contributed by atoms with van der Waals surface area (Å²) in [5, 5.41) is 0.593. The lowest BCUT2D eigenvalue weighted by molar-refractivity contribution is 0.482. The molecule has 6 heteroatoms. The highest BCUT2D eigenvalue weighted by molar-refractivity contribution is 6.55. The number of ether oxygens (including phenoxy) is 1. The van der Waals surface area contributed by atoms with Gasteiger partial charge in [-0.25, -0.2) is 0 Å². The molecule has 0 fully saturated rings. The summed E-state index contributed by atoms with van der Waals surface area (Å²) in [4.78, 5) is 0. The van der Waals surface area contributed by atoms with E-state index in [-0.39, 0.29) is 30.9 Å². The van der Waals surface area contributed by atoms with Crippen LogP contribution in [-0.4, -0.2) is 0 Å². The Bertz CT molecular complexity index is 632. The summed E-state index contributed by atoms with van der Waals surface area (Å²) < 4.78 is 5.73. The normalized spacial score (nSPS) is 10.8. The molecule has 0 aliphatic rings. The van der Waals surface area contributed by atoms with E-state index in [1.807, 2.05) is 32.0 Å². The number of halogens is 5. The highest BCUT2D eigenvalue weighted by Gasteiger charge is 2.21. The molecule has 0 heterocycles. The molecule has 2 aromatic rings. The molecule has 2 rings (SSSR count). The molecule has 20 heavy (non-hydrogen) atoms. The maximum atomic E-state index is 6.12. The molecule has 0 atom stereocenters. The van der Waals surface area contributed by atoms with Crippen molar-refractivity contribution in [3.05, 3.63) is 54.4 Å². The van der Waals surface area contributed by atoms with E-state index < -0.39 is 0 Å². The van der Waals surface area contributed by atoms with Crippen molar-refractivity contribution in [3.63, 3.8) is 0 Å². The minimum atomic E-state index is 0.108. The standard InChI is InChI=1S/C14H9Cl5O/c1-6-3-7(2)5-8(4-6)20-14-12(18)10(16)9(15)11(17)13(14)19/h3-5H,1-2H3. The van der Waals surface area contributed by atoms with Crippen LogP contribution < -0.4 is 4.74 Å². The Morgan fingerprint density at radius 3 is 1.50 bits per heavy atom. The summed E-state index contributed by atoms with van der Waals surface area (Å²) in [6.07, 6.45) is 0. The predicted molar refractivity (Wildman–Crippen MR) is 87.5 cm³/mol. The van der Waals surface area contributed by atoms with Crippen LogP contribution in [0.2, 0.25) is 25.1 Å². The van der Waals surface area contributed by atoms with Crippen LogP contribution in [0, 0.1) is 13.8 Å². The third kappa shape index (κ3) is 3.13. The number of hydrogen-bond acceptors (Lipinski definition) is 1. The van der Waals surface area contributed by atoms with Gasteiger partial charge in [0.15, 0.2) is 5.75 Å². The van der Waals surface area contributed by atoms with Gasteiger partial charge in [0, 0.05) is 0 Å². The van der Waals surface area contributed by atoms with Gasteiger partial charge in [-0.05, 0) is 37.1 Å². The van der Waals surface area contributed by atoms with Crippen molar-refractivity contribution in [1.82, 2.24) is 0 Å². The summed E-state index contributed by atoms with van der Waals surface area (Å²) in [5.74, 6) is 0.790. The maximum absolute atomic E-state index is 6.12. The van der Waals surface area contributed by atoms with E-state index in [4.69, 9.17) is 62.7 Å².